The van der Waals surface area contributed by atoms with Gasteiger partial charge in [0, 0.05) is 5.69 Å². The minimum Gasteiger partial charge on any atom is -0.336 e. The molecule has 2 rings (SSSR count). The molecule has 0 atom stereocenters. The fourth-order valence-corrected chi connectivity index (χ4v) is 2.27. The van der Waals surface area contributed by atoms with E-state index in [0.29, 0.717) is 11.0 Å². The molecule has 0 saturated heterocycles. The molecule has 0 aliphatic carbocycles. The van der Waals surface area contributed by atoms with Crippen molar-refractivity contribution in [2.45, 2.75) is 26.2 Å². The van der Waals surface area contributed by atoms with Crippen molar-refractivity contribution >= 4 is 34.8 Å². The molecule has 3 nitrogen and oxygen atoms in total. The smallest absolute Gasteiger partial charge is 0.187 e. The van der Waals surface area contributed by atoms with E-state index >= 15 is 0 Å². The molecular formula is C12H14ClN3S. The number of anilines is 2. The van der Waals surface area contributed by atoms with E-state index in [1.165, 1.54) is 5.56 Å². The second-order valence-corrected chi connectivity index (χ2v) is 5.71. The average molecular weight is 268 g/mol. The van der Waals surface area contributed by atoms with Gasteiger partial charge >= 0.3 is 0 Å². The predicted molar refractivity (Wildman–Crippen MR) is 73.3 cm³/mol. The molecule has 1 heterocycles. The van der Waals surface area contributed by atoms with Gasteiger partial charge in [0.1, 0.15) is 0 Å². The molecule has 0 spiro atoms. The Hall–Kier alpha value is -1.13. The van der Waals surface area contributed by atoms with Gasteiger partial charge in [0.05, 0.1) is 11.7 Å². The summed E-state index contributed by atoms with van der Waals surface area (Å²) >= 11 is 7.03. The van der Waals surface area contributed by atoms with E-state index in [2.05, 4.69) is 40.9 Å². The first-order valence-electron chi connectivity index (χ1n) is 5.33. The first-order chi connectivity index (χ1) is 7.98. The van der Waals surface area contributed by atoms with Crippen LogP contribution in [0.2, 0.25) is 5.15 Å². The van der Waals surface area contributed by atoms with Gasteiger partial charge in [0.25, 0.3) is 0 Å². The maximum atomic E-state index is 5.93. The second-order valence-electron chi connectivity index (χ2n) is 4.82. The Morgan fingerprint density at radius 1 is 1.18 bits per heavy atom. The lowest BCUT2D eigenvalue weighted by Crippen LogP contribution is -2.13. The fraction of sp³-hybridized carbons (Fsp3) is 0.333. The first-order valence-corrected chi connectivity index (χ1v) is 6.44. The van der Waals surface area contributed by atoms with E-state index in [9.17, 15) is 0 Å². The van der Waals surface area contributed by atoms with Crippen molar-refractivity contribution in [3.63, 3.8) is 0 Å². The molecule has 17 heavy (non-hydrogen) atoms. The summed E-state index contributed by atoms with van der Waals surface area (Å²) in [5.41, 5.74) is 2.32. The number of hydrogen-bond donors (Lipinski definition) is 1. The van der Waals surface area contributed by atoms with E-state index in [1.54, 1.807) is 0 Å². The molecule has 1 aromatic heterocycles. The molecule has 0 aliphatic rings. The van der Waals surface area contributed by atoms with Crippen molar-refractivity contribution in [1.82, 2.24) is 8.75 Å². The maximum absolute atomic E-state index is 5.93. The van der Waals surface area contributed by atoms with Gasteiger partial charge < -0.3 is 5.32 Å². The largest absolute Gasteiger partial charge is 0.336 e. The summed E-state index contributed by atoms with van der Waals surface area (Å²) in [4.78, 5) is 0. The highest BCUT2D eigenvalue weighted by Crippen LogP contribution is 2.32. The summed E-state index contributed by atoms with van der Waals surface area (Å²) in [6.45, 7) is 6.53. The van der Waals surface area contributed by atoms with Crippen molar-refractivity contribution in [2.24, 2.45) is 0 Å². The number of nitrogens with one attached hydrogen (secondary N) is 1. The summed E-state index contributed by atoms with van der Waals surface area (Å²) in [5, 5.41) is 3.65. The van der Waals surface area contributed by atoms with Gasteiger partial charge in [-0.25, -0.2) is 0 Å². The molecule has 0 saturated carbocycles. The summed E-state index contributed by atoms with van der Waals surface area (Å²) in [6.07, 6.45) is 0. The molecule has 0 amide bonds. The number of aromatic nitrogens is 2. The number of nitrogens with zero attached hydrogens (tertiary/aromatic N) is 2. The van der Waals surface area contributed by atoms with Gasteiger partial charge in [0.15, 0.2) is 11.0 Å². The SMILES string of the molecule is CC(C)(C)c1ccccc1Nc1nsnc1Cl. The topological polar surface area (TPSA) is 37.8 Å². The van der Waals surface area contributed by atoms with Crippen LogP contribution in [0.4, 0.5) is 11.5 Å². The zero-order valence-corrected chi connectivity index (χ0v) is 11.6. The highest BCUT2D eigenvalue weighted by atomic mass is 35.5. The van der Waals surface area contributed by atoms with Crippen LogP contribution in [0.3, 0.4) is 0 Å². The average Bonchev–Trinajstić information content (AvgIpc) is 2.64. The lowest BCUT2D eigenvalue weighted by molar-refractivity contribution is 0.592. The molecule has 1 N–H and O–H groups in total. The van der Waals surface area contributed by atoms with E-state index in [4.69, 9.17) is 11.6 Å². The van der Waals surface area contributed by atoms with E-state index in [0.717, 1.165) is 17.4 Å². The van der Waals surface area contributed by atoms with Crippen molar-refractivity contribution in [3.05, 3.63) is 35.0 Å². The van der Waals surface area contributed by atoms with Crippen molar-refractivity contribution < 1.29 is 0 Å². The normalized spacial score (nSPS) is 11.5. The highest BCUT2D eigenvalue weighted by molar-refractivity contribution is 6.99. The zero-order chi connectivity index (χ0) is 12.5. The summed E-state index contributed by atoms with van der Waals surface area (Å²) in [5.74, 6) is 0.619. The number of benzene rings is 1. The van der Waals surface area contributed by atoms with Crippen molar-refractivity contribution in [1.29, 1.82) is 0 Å². The first kappa shape index (κ1) is 12.3. The van der Waals surface area contributed by atoms with E-state index in [1.807, 2.05) is 18.2 Å². The molecule has 0 radical (unpaired) electrons. The minimum atomic E-state index is 0.0690. The van der Waals surface area contributed by atoms with Gasteiger partial charge in [-0.15, -0.1) is 0 Å². The quantitative estimate of drug-likeness (QED) is 0.885. The van der Waals surface area contributed by atoms with Gasteiger partial charge in [-0.3, -0.25) is 0 Å². The number of hydrogen-bond acceptors (Lipinski definition) is 4. The summed E-state index contributed by atoms with van der Waals surface area (Å²) in [6, 6.07) is 8.16. The third kappa shape index (κ3) is 2.76. The standard InChI is InChI=1S/C12H14ClN3S/c1-12(2,3)8-6-4-5-7-9(8)14-11-10(13)15-17-16-11/h4-7H,1-3H3,(H,14,16). The molecule has 2 aromatic rings. The van der Waals surface area contributed by atoms with Crippen LogP contribution in [-0.2, 0) is 5.41 Å². The second kappa shape index (κ2) is 4.63. The molecule has 1 aromatic carbocycles. The molecule has 0 unspecified atom stereocenters. The Morgan fingerprint density at radius 2 is 1.88 bits per heavy atom. The lowest BCUT2D eigenvalue weighted by atomic mass is 9.86. The van der Waals surface area contributed by atoms with Crippen LogP contribution in [-0.4, -0.2) is 8.75 Å². The Labute approximate surface area is 110 Å². The third-order valence-corrected chi connectivity index (χ3v) is 3.33. The number of rotatable bonds is 2. The van der Waals surface area contributed by atoms with Crippen LogP contribution in [0.25, 0.3) is 0 Å². The Kier molecular flexibility index (Phi) is 3.35. The van der Waals surface area contributed by atoms with Crippen LogP contribution in [0.15, 0.2) is 24.3 Å². The van der Waals surface area contributed by atoms with Crippen LogP contribution < -0.4 is 5.32 Å². The highest BCUT2D eigenvalue weighted by Gasteiger charge is 2.18. The maximum Gasteiger partial charge on any atom is 0.187 e. The number of halogens is 1. The zero-order valence-electron chi connectivity index (χ0n) is 9.99. The molecule has 90 valence electrons. The fourth-order valence-electron chi connectivity index (χ4n) is 1.63. The Bertz CT molecular complexity index is 516. The van der Waals surface area contributed by atoms with Crippen molar-refractivity contribution in [3.8, 4) is 0 Å². The van der Waals surface area contributed by atoms with Gasteiger partial charge in [0.2, 0.25) is 0 Å². The minimum absolute atomic E-state index is 0.0690. The predicted octanol–water partition coefficient (Wildman–Crippen LogP) is 4.23. The lowest BCUT2D eigenvalue weighted by Gasteiger charge is -2.22. The summed E-state index contributed by atoms with van der Waals surface area (Å²) in [7, 11) is 0. The molecule has 5 heteroatoms. The monoisotopic (exact) mass is 267 g/mol. The van der Waals surface area contributed by atoms with Crippen LogP contribution in [0.1, 0.15) is 26.3 Å². The van der Waals surface area contributed by atoms with Crippen molar-refractivity contribution in [2.75, 3.05) is 5.32 Å². The van der Waals surface area contributed by atoms with E-state index in [-0.39, 0.29) is 5.41 Å². The molecule has 0 bridgehead atoms. The van der Waals surface area contributed by atoms with Gasteiger partial charge in [-0.05, 0) is 17.0 Å². The van der Waals surface area contributed by atoms with E-state index < -0.39 is 0 Å². The van der Waals surface area contributed by atoms with Crippen LogP contribution in [0.5, 0.6) is 0 Å². The summed E-state index contributed by atoms with van der Waals surface area (Å²) < 4.78 is 8.06. The molecule has 0 fully saturated rings. The van der Waals surface area contributed by atoms with Crippen LogP contribution in [0, 0.1) is 0 Å². The third-order valence-electron chi connectivity index (χ3n) is 2.44. The van der Waals surface area contributed by atoms with Gasteiger partial charge in [-0.2, -0.15) is 8.75 Å². The number of para-hydroxylation sites is 1. The van der Waals surface area contributed by atoms with Crippen LogP contribution >= 0.6 is 23.3 Å². The molecule has 0 aliphatic heterocycles. The van der Waals surface area contributed by atoms with Gasteiger partial charge in [-0.1, -0.05) is 50.6 Å². The Morgan fingerprint density at radius 3 is 2.47 bits per heavy atom. The molecular weight excluding hydrogens is 254 g/mol. The Balaban J connectivity index is 2.37.